The SMILES string of the molecule is COc1cc(O[C@@H]2O[C@@H](CO)[C@H](O)[C@H](O)[C@H]2O)ccc1O. The van der Waals surface area contributed by atoms with E-state index < -0.39 is 37.3 Å². The topological polar surface area (TPSA) is 129 Å². The third kappa shape index (κ3) is 3.20. The summed E-state index contributed by atoms with van der Waals surface area (Å²) in [6, 6.07) is 4.12. The van der Waals surface area contributed by atoms with Gasteiger partial charge in [-0.25, -0.2) is 0 Å². The summed E-state index contributed by atoms with van der Waals surface area (Å²) >= 11 is 0. The van der Waals surface area contributed by atoms with Gasteiger partial charge in [-0.2, -0.15) is 0 Å². The molecule has 0 aliphatic carbocycles. The number of phenolic OH excluding ortho intramolecular Hbond substituents is 1. The molecule has 1 aromatic rings. The Morgan fingerprint density at radius 3 is 2.48 bits per heavy atom. The Kier molecular flexibility index (Phi) is 4.86. The van der Waals surface area contributed by atoms with Gasteiger partial charge in [0.15, 0.2) is 11.5 Å². The standard InChI is InChI=1S/C13H18O8/c1-19-8-4-6(2-3-7(8)15)20-13-12(18)11(17)10(16)9(5-14)21-13/h2-4,9-18H,5H2,1H3/t9-,10-,11-,12+,13+/m0/s1. The van der Waals surface area contributed by atoms with Gasteiger partial charge in [0.2, 0.25) is 6.29 Å². The summed E-state index contributed by atoms with van der Waals surface area (Å²) in [5.41, 5.74) is 0. The summed E-state index contributed by atoms with van der Waals surface area (Å²) < 4.78 is 15.5. The molecular weight excluding hydrogens is 284 g/mol. The molecule has 1 aliphatic heterocycles. The van der Waals surface area contributed by atoms with E-state index in [1.807, 2.05) is 0 Å². The average molecular weight is 302 g/mol. The van der Waals surface area contributed by atoms with Crippen molar-refractivity contribution in [3.8, 4) is 17.2 Å². The zero-order valence-electron chi connectivity index (χ0n) is 11.3. The summed E-state index contributed by atoms with van der Waals surface area (Å²) in [6.07, 6.45) is -6.79. The number of methoxy groups -OCH3 is 1. The van der Waals surface area contributed by atoms with Gasteiger partial charge in [0.1, 0.15) is 30.2 Å². The lowest BCUT2D eigenvalue weighted by Crippen LogP contribution is -2.60. The highest BCUT2D eigenvalue weighted by Crippen LogP contribution is 2.31. The summed E-state index contributed by atoms with van der Waals surface area (Å²) in [6.45, 7) is -0.538. The van der Waals surface area contributed by atoms with E-state index in [0.717, 1.165) is 0 Å². The van der Waals surface area contributed by atoms with Gasteiger partial charge in [-0.15, -0.1) is 0 Å². The first-order valence-corrected chi connectivity index (χ1v) is 6.32. The van der Waals surface area contributed by atoms with Gasteiger partial charge < -0.3 is 39.7 Å². The molecule has 1 saturated heterocycles. The molecule has 0 aromatic heterocycles. The number of benzene rings is 1. The Hall–Kier alpha value is -1.58. The lowest BCUT2D eigenvalue weighted by molar-refractivity contribution is -0.277. The molecule has 1 heterocycles. The van der Waals surface area contributed by atoms with Crippen LogP contribution in [0.15, 0.2) is 18.2 Å². The lowest BCUT2D eigenvalue weighted by Gasteiger charge is -2.39. The van der Waals surface area contributed by atoms with Gasteiger partial charge in [-0.05, 0) is 12.1 Å². The van der Waals surface area contributed by atoms with Crippen LogP contribution in [0.1, 0.15) is 0 Å². The number of aromatic hydroxyl groups is 1. The molecule has 1 fully saturated rings. The van der Waals surface area contributed by atoms with E-state index in [4.69, 9.17) is 19.3 Å². The highest BCUT2D eigenvalue weighted by molar-refractivity contribution is 5.44. The van der Waals surface area contributed by atoms with Crippen molar-refractivity contribution in [2.45, 2.75) is 30.7 Å². The molecule has 1 aromatic carbocycles. The van der Waals surface area contributed by atoms with Gasteiger partial charge in [0, 0.05) is 6.07 Å². The van der Waals surface area contributed by atoms with Gasteiger partial charge in [0.25, 0.3) is 0 Å². The van der Waals surface area contributed by atoms with Crippen LogP contribution in [0.5, 0.6) is 17.2 Å². The maximum absolute atomic E-state index is 9.84. The average Bonchev–Trinajstić information content (AvgIpc) is 2.49. The highest BCUT2D eigenvalue weighted by Gasteiger charge is 2.44. The number of ether oxygens (including phenoxy) is 3. The molecule has 8 heteroatoms. The van der Waals surface area contributed by atoms with Gasteiger partial charge in [-0.1, -0.05) is 0 Å². The third-order valence-electron chi connectivity index (χ3n) is 3.25. The number of hydrogen-bond donors (Lipinski definition) is 5. The molecule has 0 saturated carbocycles. The second-order valence-corrected chi connectivity index (χ2v) is 4.65. The van der Waals surface area contributed by atoms with Crippen molar-refractivity contribution in [2.24, 2.45) is 0 Å². The molecular formula is C13H18O8. The van der Waals surface area contributed by atoms with Crippen molar-refractivity contribution in [3.63, 3.8) is 0 Å². The van der Waals surface area contributed by atoms with Crippen molar-refractivity contribution in [3.05, 3.63) is 18.2 Å². The second kappa shape index (κ2) is 6.46. The fraction of sp³-hybridized carbons (Fsp3) is 0.538. The first-order chi connectivity index (χ1) is 9.97. The molecule has 0 bridgehead atoms. The van der Waals surface area contributed by atoms with Crippen molar-refractivity contribution in [2.75, 3.05) is 13.7 Å². The Bertz CT molecular complexity index is 477. The van der Waals surface area contributed by atoms with E-state index in [2.05, 4.69) is 0 Å². The molecule has 118 valence electrons. The third-order valence-corrected chi connectivity index (χ3v) is 3.25. The lowest BCUT2D eigenvalue weighted by atomic mass is 9.99. The smallest absolute Gasteiger partial charge is 0.229 e. The molecule has 8 nitrogen and oxygen atoms in total. The fourth-order valence-electron chi connectivity index (χ4n) is 2.03. The maximum Gasteiger partial charge on any atom is 0.229 e. The molecule has 5 atom stereocenters. The Morgan fingerprint density at radius 1 is 1.14 bits per heavy atom. The van der Waals surface area contributed by atoms with Gasteiger partial charge in [-0.3, -0.25) is 0 Å². The predicted molar refractivity (Wildman–Crippen MR) is 69.1 cm³/mol. The second-order valence-electron chi connectivity index (χ2n) is 4.65. The highest BCUT2D eigenvalue weighted by atomic mass is 16.7. The van der Waals surface area contributed by atoms with Crippen molar-refractivity contribution in [1.29, 1.82) is 0 Å². The van der Waals surface area contributed by atoms with Crippen molar-refractivity contribution < 1.29 is 39.7 Å². The van der Waals surface area contributed by atoms with Crippen LogP contribution in [-0.2, 0) is 4.74 Å². The van der Waals surface area contributed by atoms with E-state index in [1.54, 1.807) is 0 Å². The summed E-state index contributed by atoms with van der Waals surface area (Å²) in [5, 5.41) is 47.7. The summed E-state index contributed by atoms with van der Waals surface area (Å²) in [4.78, 5) is 0. The van der Waals surface area contributed by atoms with Crippen LogP contribution < -0.4 is 9.47 Å². The van der Waals surface area contributed by atoms with E-state index in [1.165, 1.54) is 25.3 Å². The zero-order valence-corrected chi connectivity index (χ0v) is 11.3. The van der Waals surface area contributed by atoms with Crippen molar-refractivity contribution >= 4 is 0 Å². The van der Waals surface area contributed by atoms with Gasteiger partial charge in [0.05, 0.1) is 13.7 Å². The van der Waals surface area contributed by atoms with Crippen LogP contribution >= 0.6 is 0 Å². The number of hydrogen-bond acceptors (Lipinski definition) is 8. The molecule has 21 heavy (non-hydrogen) atoms. The number of phenols is 1. The normalized spacial score (nSPS) is 32.7. The zero-order chi connectivity index (χ0) is 15.6. The molecule has 0 radical (unpaired) electrons. The number of aliphatic hydroxyl groups excluding tert-OH is 4. The minimum Gasteiger partial charge on any atom is -0.504 e. The molecule has 2 rings (SSSR count). The first-order valence-electron chi connectivity index (χ1n) is 6.32. The van der Waals surface area contributed by atoms with E-state index in [0.29, 0.717) is 0 Å². The van der Waals surface area contributed by atoms with Crippen LogP contribution in [0.2, 0.25) is 0 Å². The van der Waals surface area contributed by atoms with E-state index in [-0.39, 0.29) is 17.2 Å². The van der Waals surface area contributed by atoms with Crippen LogP contribution in [-0.4, -0.2) is 70.0 Å². The first kappa shape index (κ1) is 15.8. The van der Waals surface area contributed by atoms with E-state index >= 15 is 0 Å². The largest absolute Gasteiger partial charge is 0.504 e. The molecule has 1 aliphatic rings. The maximum atomic E-state index is 9.84. The van der Waals surface area contributed by atoms with Crippen LogP contribution in [0.3, 0.4) is 0 Å². The van der Waals surface area contributed by atoms with Crippen LogP contribution in [0.4, 0.5) is 0 Å². The quantitative estimate of drug-likeness (QED) is 0.458. The minimum atomic E-state index is -1.51. The fourth-order valence-corrected chi connectivity index (χ4v) is 2.03. The monoisotopic (exact) mass is 302 g/mol. The number of aliphatic hydroxyl groups is 4. The summed E-state index contributed by atoms with van der Waals surface area (Å²) in [5.74, 6) is 0.296. The molecule has 0 spiro atoms. The Labute approximate surface area is 120 Å². The van der Waals surface area contributed by atoms with E-state index in [9.17, 15) is 20.4 Å². The minimum absolute atomic E-state index is 0.0846. The molecule has 0 unspecified atom stereocenters. The predicted octanol–water partition coefficient (Wildman–Crippen LogP) is -1.42. The summed E-state index contributed by atoms with van der Waals surface area (Å²) in [7, 11) is 1.37. The number of rotatable bonds is 4. The van der Waals surface area contributed by atoms with Crippen LogP contribution in [0.25, 0.3) is 0 Å². The molecule has 0 amide bonds. The Morgan fingerprint density at radius 2 is 1.86 bits per heavy atom. The van der Waals surface area contributed by atoms with Crippen LogP contribution in [0, 0.1) is 0 Å². The molecule has 5 N–H and O–H groups in total. The Balaban J connectivity index is 2.14. The van der Waals surface area contributed by atoms with Crippen molar-refractivity contribution in [1.82, 2.24) is 0 Å². The van der Waals surface area contributed by atoms with Gasteiger partial charge >= 0.3 is 0 Å².